The van der Waals surface area contributed by atoms with Crippen molar-refractivity contribution >= 4 is 5.69 Å². The van der Waals surface area contributed by atoms with Gasteiger partial charge in [0.15, 0.2) is 0 Å². The summed E-state index contributed by atoms with van der Waals surface area (Å²) in [6.07, 6.45) is 6.87. The number of hydrogen-bond donors (Lipinski definition) is 3. The van der Waals surface area contributed by atoms with E-state index >= 15 is 0 Å². The lowest BCUT2D eigenvalue weighted by molar-refractivity contribution is 0.332. The van der Waals surface area contributed by atoms with E-state index in [1.165, 1.54) is 31.4 Å². The highest BCUT2D eigenvalue weighted by Gasteiger charge is 2.23. The predicted molar refractivity (Wildman–Crippen MR) is 82.4 cm³/mol. The highest BCUT2D eigenvalue weighted by atomic mass is 15.1. The van der Waals surface area contributed by atoms with Crippen molar-refractivity contribution in [3.05, 3.63) is 36.5 Å². The number of rotatable bonds is 4. The van der Waals surface area contributed by atoms with Crippen molar-refractivity contribution in [3.63, 3.8) is 0 Å². The van der Waals surface area contributed by atoms with Gasteiger partial charge in [0.1, 0.15) is 0 Å². The number of nitrogens with two attached hydrogens (primary N) is 1. The molecule has 1 aromatic heterocycles. The Morgan fingerprint density at radius 2 is 1.95 bits per heavy atom. The van der Waals surface area contributed by atoms with Gasteiger partial charge in [-0.25, -0.2) is 0 Å². The Balaban J connectivity index is 1.68. The standard InChI is InChI=1S/C16H22N4/c17-11-13-3-1-2-4-15(13)19-14-7-5-12(6-8-14)16-9-10-18-20-16/h5-10,13,15,19H,1-4,11,17H2,(H,18,20). The molecule has 0 saturated heterocycles. The predicted octanol–water partition coefficient (Wildman–Crippen LogP) is 3.01. The van der Waals surface area contributed by atoms with Crippen LogP contribution in [0.25, 0.3) is 11.3 Å². The number of aromatic nitrogens is 2. The third kappa shape index (κ3) is 2.85. The Labute approximate surface area is 119 Å². The van der Waals surface area contributed by atoms with Gasteiger partial charge in [0.05, 0.1) is 5.69 Å². The maximum absolute atomic E-state index is 5.88. The SMILES string of the molecule is NCC1CCCCC1Nc1ccc(-c2ccn[nH]2)cc1. The molecule has 2 atom stereocenters. The van der Waals surface area contributed by atoms with Crippen LogP contribution in [-0.2, 0) is 0 Å². The first kappa shape index (κ1) is 13.2. The maximum atomic E-state index is 5.88. The second kappa shape index (κ2) is 6.09. The van der Waals surface area contributed by atoms with E-state index < -0.39 is 0 Å². The van der Waals surface area contributed by atoms with E-state index in [1.807, 2.05) is 6.07 Å². The van der Waals surface area contributed by atoms with Gasteiger partial charge in [-0.3, -0.25) is 5.10 Å². The molecule has 1 aromatic carbocycles. The van der Waals surface area contributed by atoms with Crippen molar-refractivity contribution in [2.24, 2.45) is 11.7 Å². The molecular formula is C16H22N4. The fourth-order valence-electron chi connectivity index (χ4n) is 3.06. The van der Waals surface area contributed by atoms with Crippen molar-refractivity contribution in [2.45, 2.75) is 31.7 Å². The average Bonchev–Trinajstić information content (AvgIpc) is 3.03. The van der Waals surface area contributed by atoms with Crippen LogP contribution in [0, 0.1) is 5.92 Å². The van der Waals surface area contributed by atoms with Gasteiger partial charge >= 0.3 is 0 Å². The first-order valence-corrected chi connectivity index (χ1v) is 7.43. The Morgan fingerprint density at radius 1 is 1.15 bits per heavy atom. The smallest absolute Gasteiger partial charge is 0.0650 e. The normalized spacial score (nSPS) is 22.6. The van der Waals surface area contributed by atoms with Crippen molar-refractivity contribution in [3.8, 4) is 11.3 Å². The molecule has 106 valence electrons. The number of H-pyrrole nitrogens is 1. The zero-order valence-corrected chi connectivity index (χ0v) is 11.7. The summed E-state index contributed by atoms with van der Waals surface area (Å²) in [5.74, 6) is 0.607. The number of aromatic amines is 1. The Morgan fingerprint density at radius 3 is 2.65 bits per heavy atom. The summed E-state index contributed by atoms with van der Waals surface area (Å²) >= 11 is 0. The Bertz CT molecular complexity index is 518. The second-order valence-electron chi connectivity index (χ2n) is 5.58. The summed E-state index contributed by atoms with van der Waals surface area (Å²) in [5, 5.41) is 10.6. The molecule has 0 aliphatic heterocycles. The van der Waals surface area contributed by atoms with E-state index in [9.17, 15) is 0 Å². The summed E-state index contributed by atoms with van der Waals surface area (Å²) in [7, 11) is 0. The minimum Gasteiger partial charge on any atom is -0.382 e. The zero-order chi connectivity index (χ0) is 13.8. The lowest BCUT2D eigenvalue weighted by atomic mass is 9.84. The zero-order valence-electron chi connectivity index (χ0n) is 11.7. The molecule has 3 rings (SSSR count). The van der Waals surface area contributed by atoms with Crippen LogP contribution >= 0.6 is 0 Å². The van der Waals surface area contributed by atoms with Gasteiger partial charge in [0.2, 0.25) is 0 Å². The second-order valence-corrected chi connectivity index (χ2v) is 5.58. The summed E-state index contributed by atoms with van der Waals surface area (Å²) < 4.78 is 0. The van der Waals surface area contributed by atoms with E-state index in [4.69, 9.17) is 5.73 Å². The van der Waals surface area contributed by atoms with Crippen LogP contribution in [-0.4, -0.2) is 22.8 Å². The van der Waals surface area contributed by atoms with Crippen LogP contribution in [0.4, 0.5) is 5.69 Å². The van der Waals surface area contributed by atoms with E-state index in [0.29, 0.717) is 12.0 Å². The van der Waals surface area contributed by atoms with Crippen molar-refractivity contribution < 1.29 is 0 Å². The lowest BCUT2D eigenvalue weighted by Gasteiger charge is -2.32. The first-order valence-electron chi connectivity index (χ1n) is 7.43. The maximum Gasteiger partial charge on any atom is 0.0650 e. The third-order valence-corrected chi connectivity index (χ3v) is 4.26. The minimum absolute atomic E-state index is 0.520. The van der Waals surface area contributed by atoms with E-state index in [2.05, 4.69) is 39.8 Å². The summed E-state index contributed by atoms with van der Waals surface area (Å²) in [4.78, 5) is 0. The fourth-order valence-corrected chi connectivity index (χ4v) is 3.06. The number of benzene rings is 1. The van der Waals surface area contributed by atoms with Crippen LogP contribution < -0.4 is 11.1 Å². The number of nitrogens with one attached hydrogen (secondary N) is 2. The molecule has 2 aromatic rings. The van der Waals surface area contributed by atoms with Gasteiger partial charge in [0.25, 0.3) is 0 Å². The van der Waals surface area contributed by atoms with Gasteiger partial charge in [-0.05, 0) is 49.1 Å². The fraction of sp³-hybridized carbons (Fsp3) is 0.438. The Hall–Kier alpha value is -1.81. The topological polar surface area (TPSA) is 66.7 Å². The molecule has 1 heterocycles. The van der Waals surface area contributed by atoms with Crippen LogP contribution in [0.15, 0.2) is 36.5 Å². The average molecular weight is 270 g/mol. The van der Waals surface area contributed by atoms with Gasteiger partial charge in [-0.15, -0.1) is 0 Å². The minimum atomic E-state index is 0.520. The molecule has 4 heteroatoms. The molecule has 4 N–H and O–H groups in total. The van der Waals surface area contributed by atoms with Crippen LogP contribution in [0.2, 0.25) is 0 Å². The molecule has 0 bridgehead atoms. The first-order chi connectivity index (χ1) is 9.86. The molecule has 4 nitrogen and oxygen atoms in total. The molecule has 1 saturated carbocycles. The van der Waals surface area contributed by atoms with E-state index in [1.54, 1.807) is 6.20 Å². The molecule has 1 aliphatic rings. The lowest BCUT2D eigenvalue weighted by Crippen LogP contribution is -2.36. The number of nitrogens with zero attached hydrogens (tertiary/aromatic N) is 1. The third-order valence-electron chi connectivity index (χ3n) is 4.26. The van der Waals surface area contributed by atoms with Crippen molar-refractivity contribution in [1.82, 2.24) is 10.2 Å². The Kier molecular flexibility index (Phi) is 4.02. The molecule has 0 amide bonds. The van der Waals surface area contributed by atoms with Gasteiger partial charge < -0.3 is 11.1 Å². The molecule has 1 aliphatic carbocycles. The quantitative estimate of drug-likeness (QED) is 0.800. The molecule has 1 fully saturated rings. The van der Waals surface area contributed by atoms with Crippen LogP contribution in [0.3, 0.4) is 0 Å². The molecule has 20 heavy (non-hydrogen) atoms. The largest absolute Gasteiger partial charge is 0.382 e. The van der Waals surface area contributed by atoms with E-state index in [0.717, 1.165) is 17.8 Å². The van der Waals surface area contributed by atoms with Gasteiger partial charge in [0, 0.05) is 17.9 Å². The van der Waals surface area contributed by atoms with E-state index in [-0.39, 0.29) is 0 Å². The summed E-state index contributed by atoms with van der Waals surface area (Å²) in [5.41, 5.74) is 9.27. The van der Waals surface area contributed by atoms with Crippen molar-refractivity contribution in [2.75, 3.05) is 11.9 Å². The molecule has 0 radical (unpaired) electrons. The summed E-state index contributed by atoms with van der Waals surface area (Å²) in [6, 6.07) is 11.0. The monoisotopic (exact) mass is 270 g/mol. The van der Waals surface area contributed by atoms with Gasteiger partial charge in [-0.2, -0.15) is 5.10 Å². The molecule has 2 unspecified atom stereocenters. The summed E-state index contributed by atoms with van der Waals surface area (Å²) in [6.45, 7) is 0.782. The number of anilines is 1. The van der Waals surface area contributed by atoms with Crippen LogP contribution in [0.5, 0.6) is 0 Å². The number of hydrogen-bond acceptors (Lipinski definition) is 3. The highest BCUT2D eigenvalue weighted by Crippen LogP contribution is 2.27. The highest BCUT2D eigenvalue weighted by molar-refractivity contribution is 5.62. The van der Waals surface area contributed by atoms with Crippen molar-refractivity contribution in [1.29, 1.82) is 0 Å². The van der Waals surface area contributed by atoms with Crippen LogP contribution in [0.1, 0.15) is 25.7 Å². The molecule has 0 spiro atoms. The van der Waals surface area contributed by atoms with Gasteiger partial charge in [-0.1, -0.05) is 25.0 Å². The molecular weight excluding hydrogens is 248 g/mol.